The van der Waals surface area contributed by atoms with Gasteiger partial charge in [0, 0.05) is 17.0 Å². The normalized spacial score (nSPS) is 12.2. The highest BCUT2D eigenvalue weighted by atomic mass is 32.1. The summed E-state index contributed by atoms with van der Waals surface area (Å²) in [7, 11) is 0. The predicted octanol–water partition coefficient (Wildman–Crippen LogP) is 5.68. The molecule has 2 heterocycles. The smallest absolute Gasteiger partial charge is 0.359 e. The van der Waals surface area contributed by atoms with Crippen molar-refractivity contribution in [2.24, 2.45) is 0 Å². The highest BCUT2D eigenvalue weighted by molar-refractivity contribution is 7.17. The molecule has 28 heavy (non-hydrogen) atoms. The molecule has 0 atom stereocenters. The second kappa shape index (κ2) is 7.05. The number of aryl methyl sites for hydroxylation is 1. The minimum Gasteiger partial charge on any atom is -0.359 e. The summed E-state index contributed by atoms with van der Waals surface area (Å²) < 4.78 is 43.3. The quantitative estimate of drug-likeness (QED) is 0.605. The maximum atomic E-state index is 12.7. The number of nitrogens with one attached hydrogen (secondary N) is 1. The molecule has 3 rings (SSSR count). The van der Waals surface area contributed by atoms with Gasteiger partial charge in [-0.05, 0) is 19.1 Å². The van der Waals surface area contributed by atoms with E-state index in [2.05, 4.69) is 15.5 Å². The van der Waals surface area contributed by atoms with Crippen LogP contribution in [0.2, 0.25) is 0 Å². The monoisotopic (exact) mass is 409 g/mol. The molecule has 0 radical (unpaired) electrons. The Hall–Kier alpha value is -2.68. The maximum absolute atomic E-state index is 12.7. The lowest BCUT2D eigenvalue weighted by molar-refractivity contribution is -0.137. The van der Waals surface area contributed by atoms with Gasteiger partial charge in [0.1, 0.15) is 15.6 Å². The standard InChI is InChI=1S/C19H18F3N3O2S/c1-10-15(16(26)24-14-9-13(27-25-14)18(2,3)4)28-17(23-10)11-5-7-12(8-6-11)19(20,21)22/h5-9H,1-4H3,(H,24,25,26). The van der Waals surface area contributed by atoms with Gasteiger partial charge in [-0.15, -0.1) is 11.3 Å². The Morgan fingerprint density at radius 3 is 2.32 bits per heavy atom. The van der Waals surface area contributed by atoms with E-state index < -0.39 is 17.6 Å². The molecule has 5 nitrogen and oxygen atoms in total. The molecule has 148 valence electrons. The van der Waals surface area contributed by atoms with Crippen LogP contribution >= 0.6 is 11.3 Å². The van der Waals surface area contributed by atoms with Crippen molar-refractivity contribution in [2.45, 2.75) is 39.3 Å². The number of nitrogens with zero attached hydrogens (tertiary/aromatic N) is 2. The van der Waals surface area contributed by atoms with E-state index in [0.29, 0.717) is 32.7 Å². The van der Waals surface area contributed by atoms with Gasteiger partial charge in [0.15, 0.2) is 5.82 Å². The number of rotatable bonds is 3. The van der Waals surface area contributed by atoms with Gasteiger partial charge in [-0.1, -0.05) is 38.1 Å². The molecule has 1 aromatic carbocycles. The van der Waals surface area contributed by atoms with Crippen molar-refractivity contribution < 1.29 is 22.5 Å². The zero-order valence-electron chi connectivity index (χ0n) is 15.6. The van der Waals surface area contributed by atoms with Crippen molar-refractivity contribution >= 4 is 23.1 Å². The highest BCUT2D eigenvalue weighted by Crippen LogP contribution is 2.33. The molecule has 0 fully saturated rings. The summed E-state index contributed by atoms with van der Waals surface area (Å²) in [5.74, 6) is 0.523. The highest BCUT2D eigenvalue weighted by Gasteiger charge is 2.30. The Morgan fingerprint density at radius 2 is 1.79 bits per heavy atom. The number of hydrogen-bond acceptors (Lipinski definition) is 5. The molecule has 0 spiro atoms. The molecule has 0 aliphatic heterocycles. The Balaban J connectivity index is 1.80. The van der Waals surface area contributed by atoms with E-state index in [0.717, 1.165) is 23.5 Å². The number of benzene rings is 1. The lowest BCUT2D eigenvalue weighted by Gasteiger charge is -2.11. The van der Waals surface area contributed by atoms with E-state index in [-0.39, 0.29) is 5.41 Å². The zero-order chi connectivity index (χ0) is 20.7. The van der Waals surface area contributed by atoms with Crippen molar-refractivity contribution in [1.82, 2.24) is 10.1 Å². The van der Waals surface area contributed by atoms with Gasteiger partial charge >= 0.3 is 6.18 Å². The van der Waals surface area contributed by atoms with Crippen molar-refractivity contribution in [3.05, 3.63) is 52.2 Å². The maximum Gasteiger partial charge on any atom is 0.416 e. The lowest BCUT2D eigenvalue weighted by atomic mass is 9.93. The zero-order valence-corrected chi connectivity index (χ0v) is 16.5. The van der Waals surface area contributed by atoms with Crippen LogP contribution in [0.25, 0.3) is 10.6 Å². The van der Waals surface area contributed by atoms with Gasteiger partial charge in [-0.2, -0.15) is 13.2 Å². The molecular weight excluding hydrogens is 391 g/mol. The average molecular weight is 409 g/mol. The minimum atomic E-state index is -4.40. The third-order valence-electron chi connectivity index (χ3n) is 3.95. The van der Waals surface area contributed by atoms with Gasteiger partial charge in [0.2, 0.25) is 0 Å². The predicted molar refractivity (Wildman–Crippen MR) is 100 cm³/mol. The van der Waals surface area contributed by atoms with Gasteiger partial charge in [0.05, 0.1) is 11.3 Å². The minimum absolute atomic E-state index is 0.244. The van der Waals surface area contributed by atoms with Crippen LogP contribution in [-0.4, -0.2) is 16.0 Å². The summed E-state index contributed by atoms with van der Waals surface area (Å²) >= 11 is 1.10. The summed E-state index contributed by atoms with van der Waals surface area (Å²) in [6, 6.07) is 6.33. The van der Waals surface area contributed by atoms with Crippen LogP contribution < -0.4 is 5.32 Å². The van der Waals surface area contributed by atoms with Crippen LogP contribution in [0.1, 0.15) is 47.5 Å². The van der Waals surface area contributed by atoms with E-state index in [4.69, 9.17) is 4.52 Å². The van der Waals surface area contributed by atoms with Crippen LogP contribution in [-0.2, 0) is 11.6 Å². The van der Waals surface area contributed by atoms with Crippen LogP contribution in [0.5, 0.6) is 0 Å². The SMILES string of the molecule is Cc1nc(-c2ccc(C(F)(F)F)cc2)sc1C(=O)Nc1cc(C(C)(C)C)on1. The molecule has 0 unspecified atom stereocenters. The molecule has 3 aromatic rings. The van der Waals surface area contributed by atoms with E-state index >= 15 is 0 Å². The molecule has 1 amide bonds. The molecule has 0 aliphatic rings. The van der Waals surface area contributed by atoms with Crippen molar-refractivity contribution in [1.29, 1.82) is 0 Å². The molecule has 0 saturated heterocycles. The Labute approximate surface area is 163 Å². The number of halogens is 3. The topological polar surface area (TPSA) is 68.0 Å². The molecule has 1 N–H and O–H groups in total. The number of amides is 1. The van der Waals surface area contributed by atoms with E-state index in [9.17, 15) is 18.0 Å². The van der Waals surface area contributed by atoms with Crippen LogP contribution in [0.4, 0.5) is 19.0 Å². The first kappa shape index (κ1) is 20.1. The number of hydrogen-bond donors (Lipinski definition) is 1. The number of carbonyl (C=O) groups excluding carboxylic acids is 1. The summed E-state index contributed by atoms with van der Waals surface area (Å²) in [6.45, 7) is 7.55. The molecule has 2 aromatic heterocycles. The Kier molecular flexibility index (Phi) is 5.05. The number of anilines is 1. The molecular formula is C19H18F3N3O2S. The lowest BCUT2D eigenvalue weighted by Crippen LogP contribution is -2.12. The molecule has 0 saturated carbocycles. The van der Waals surface area contributed by atoms with Crippen LogP contribution in [0.15, 0.2) is 34.9 Å². The van der Waals surface area contributed by atoms with Crippen molar-refractivity contribution in [2.75, 3.05) is 5.32 Å². The van der Waals surface area contributed by atoms with Gasteiger partial charge in [-0.3, -0.25) is 4.79 Å². The largest absolute Gasteiger partial charge is 0.416 e. The first-order chi connectivity index (χ1) is 12.9. The van der Waals surface area contributed by atoms with Crippen molar-refractivity contribution in [3.63, 3.8) is 0 Å². The second-order valence-corrected chi connectivity index (χ2v) is 8.29. The number of thiazole rings is 1. The summed E-state index contributed by atoms with van der Waals surface area (Å²) in [5, 5.41) is 6.97. The molecule has 0 bridgehead atoms. The van der Waals surface area contributed by atoms with Gasteiger partial charge in [-0.25, -0.2) is 4.98 Å². The molecule has 9 heteroatoms. The van der Waals surface area contributed by atoms with Crippen LogP contribution in [0.3, 0.4) is 0 Å². The fourth-order valence-corrected chi connectivity index (χ4v) is 3.36. The summed E-state index contributed by atoms with van der Waals surface area (Å²) in [6.07, 6.45) is -4.40. The first-order valence-corrected chi connectivity index (χ1v) is 9.20. The number of aromatic nitrogens is 2. The molecule has 0 aliphatic carbocycles. The Morgan fingerprint density at radius 1 is 1.14 bits per heavy atom. The third kappa shape index (κ3) is 4.24. The summed E-state index contributed by atoms with van der Waals surface area (Å²) in [5.41, 5.74) is 0.0169. The second-order valence-electron chi connectivity index (χ2n) is 7.29. The number of alkyl halides is 3. The summed E-state index contributed by atoms with van der Waals surface area (Å²) in [4.78, 5) is 17.2. The van der Waals surface area contributed by atoms with E-state index in [1.54, 1.807) is 13.0 Å². The van der Waals surface area contributed by atoms with Gasteiger partial charge < -0.3 is 9.84 Å². The van der Waals surface area contributed by atoms with E-state index in [1.165, 1.54) is 12.1 Å². The van der Waals surface area contributed by atoms with Crippen LogP contribution in [0, 0.1) is 6.92 Å². The Bertz CT molecular complexity index is 999. The fourth-order valence-electron chi connectivity index (χ4n) is 2.39. The van der Waals surface area contributed by atoms with Gasteiger partial charge in [0.25, 0.3) is 5.91 Å². The number of carbonyl (C=O) groups is 1. The van der Waals surface area contributed by atoms with E-state index in [1.807, 2.05) is 20.8 Å². The fraction of sp³-hybridized carbons (Fsp3) is 0.316. The van der Waals surface area contributed by atoms with Crippen molar-refractivity contribution in [3.8, 4) is 10.6 Å². The first-order valence-electron chi connectivity index (χ1n) is 8.39. The third-order valence-corrected chi connectivity index (χ3v) is 5.16. The average Bonchev–Trinajstić information content (AvgIpc) is 3.20.